The van der Waals surface area contributed by atoms with Crippen LogP contribution < -0.4 is 11.1 Å². The van der Waals surface area contributed by atoms with Gasteiger partial charge in [-0.2, -0.15) is 0 Å². The molecule has 6 heteroatoms. The Labute approximate surface area is 126 Å². The van der Waals surface area contributed by atoms with Crippen LogP contribution in [0.1, 0.15) is 0 Å². The van der Waals surface area contributed by atoms with Gasteiger partial charge in [-0.25, -0.2) is 8.42 Å². The Hall–Kier alpha value is -1.28. The van der Waals surface area contributed by atoms with Gasteiger partial charge >= 0.3 is 0 Å². The first-order valence-corrected chi connectivity index (χ1v) is 8.46. The highest BCUT2D eigenvalue weighted by Gasteiger charge is 2.10. The molecule has 4 nitrogen and oxygen atoms in total. The molecule has 0 fully saturated rings. The molecule has 0 unspecified atom stereocenters. The lowest BCUT2D eigenvalue weighted by atomic mass is 10.2. The summed E-state index contributed by atoms with van der Waals surface area (Å²) in [6.45, 7) is 0. The van der Waals surface area contributed by atoms with Crippen LogP contribution in [0.4, 0.5) is 17.1 Å². The van der Waals surface area contributed by atoms with Crippen molar-refractivity contribution in [3.8, 4) is 0 Å². The van der Waals surface area contributed by atoms with Gasteiger partial charge in [0, 0.05) is 9.83 Å². The summed E-state index contributed by atoms with van der Waals surface area (Å²) in [4.78, 5) is 0.221. The second-order valence-electron chi connectivity index (χ2n) is 4.13. The molecule has 100 valence electrons. The second-order valence-corrected chi connectivity index (χ2v) is 7.30. The minimum Gasteiger partial charge on any atom is -0.397 e. The number of halogens is 1. The van der Waals surface area contributed by atoms with Crippen LogP contribution in [0.2, 0.25) is 0 Å². The summed E-state index contributed by atoms with van der Waals surface area (Å²) in [5, 5.41) is 3.19. The number of nitrogens with two attached hydrogens (primary N) is 1. The molecule has 0 bridgehead atoms. The van der Waals surface area contributed by atoms with Gasteiger partial charge in [0.25, 0.3) is 0 Å². The fourth-order valence-corrected chi connectivity index (χ4v) is 2.77. The van der Waals surface area contributed by atoms with E-state index in [1.165, 1.54) is 6.07 Å². The van der Waals surface area contributed by atoms with Crippen LogP contribution in [0.5, 0.6) is 0 Å². The molecule has 0 saturated carbocycles. The third-order valence-corrected chi connectivity index (χ3v) is 4.65. The lowest BCUT2D eigenvalue weighted by Crippen LogP contribution is -2.02. The fraction of sp³-hybridized carbons (Fsp3) is 0.0769. The molecular formula is C13H13IN2O2S. The topological polar surface area (TPSA) is 72.2 Å². The van der Waals surface area contributed by atoms with E-state index in [1.807, 2.05) is 24.3 Å². The third kappa shape index (κ3) is 3.38. The minimum absolute atomic E-state index is 0.221. The maximum Gasteiger partial charge on any atom is 0.175 e. The molecule has 19 heavy (non-hydrogen) atoms. The van der Waals surface area contributed by atoms with Gasteiger partial charge in [-0.3, -0.25) is 0 Å². The van der Waals surface area contributed by atoms with Gasteiger partial charge in [-0.05, 0) is 52.9 Å². The molecule has 0 spiro atoms. The normalized spacial score (nSPS) is 11.3. The smallest absolute Gasteiger partial charge is 0.175 e. The highest BCUT2D eigenvalue weighted by molar-refractivity contribution is 14.1. The van der Waals surface area contributed by atoms with Crippen molar-refractivity contribution in [2.24, 2.45) is 0 Å². The predicted molar refractivity (Wildman–Crippen MR) is 86.4 cm³/mol. The lowest BCUT2D eigenvalue weighted by Gasteiger charge is -2.11. The molecule has 2 aromatic carbocycles. The maximum atomic E-state index is 11.4. The molecule has 3 N–H and O–H groups in total. The number of anilines is 3. The zero-order valence-electron chi connectivity index (χ0n) is 10.2. The van der Waals surface area contributed by atoms with E-state index in [0.717, 1.165) is 15.5 Å². The number of rotatable bonds is 3. The molecule has 0 saturated heterocycles. The average Bonchev–Trinajstić information content (AvgIpc) is 2.33. The van der Waals surface area contributed by atoms with E-state index in [0.29, 0.717) is 11.4 Å². The summed E-state index contributed by atoms with van der Waals surface area (Å²) >= 11 is 2.22. The first kappa shape index (κ1) is 14.1. The van der Waals surface area contributed by atoms with Crippen molar-refractivity contribution in [1.82, 2.24) is 0 Å². The summed E-state index contributed by atoms with van der Waals surface area (Å²) in [6.07, 6.45) is 1.16. The van der Waals surface area contributed by atoms with Crippen molar-refractivity contribution in [1.29, 1.82) is 0 Å². The number of hydrogen-bond donors (Lipinski definition) is 2. The highest BCUT2D eigenvalue weighted by atomic mass is 127. The molecular weight excluding hydrogens is 375 g/mol. The first-order chi connectivity index (χ1) is 8.88. The lowest BCUT2D eigenvalue weighted by molar-refractivity contribution is 0.602. The number of hydrogen-bond acceptors (Lipinski definition) is 4. The van der Waals surface area contributed by atoms with E-state index in [4.69, 9.17) is 5.73 Å². The Bertz CT molecular complexity index is 714. The van der Waals surface area contributed by atoms with E-state index < -0.39 is 9.84 Å². The number of para-hydroxylation sites is 1. The van der Waals surface area contributed by atoms with Gasteiger partial charge in [-0.1, -0.05) is 12.1 Å². The van der Waals surface area contributed by atoms with Crippen LogP contribution in [0.3, 0.4) is 0 Å². The van der Waals surface area contributed by atoms with Crippen molar-refractivity contribution < 1.29 is 8.42 Å². The summed E-state index contributed by atoms with van der Waals surface area (Å²) in [5.74, 6) is 0. The molecule has 0 amide bonds. The van der Waals surface area contributed by atoms with Gasteiger partial charge in [0.2, 0.25) is 0 Å². The van der Waals surface area contributed by atoms with Gasteiger partial charge in [0.05, 0.1) is 22.0 Å². The molecule has 0 aliphatic heterocycles. The monoisotopic (exact) mass is 388 g/mol. The minimum atomic E-state index is -3.23. The largest absolute Gasteiger partial charge is 0.397 e. The highest BCUT2D eigenvalue weighted by Crippen LogP contribution is 2.28. The average molecular weight is 388 g/mol. The van der Waals surface area contributed by atoms with E-state index >= 15 is 0 Å². The van der Waals surface area contributed by atoms with E-state index in [-0.39, 0.29) is 4.90 Å². The number of nitrogens with one attached hydrogen (secondary N) is 1. The molecule has 0 aliphatic carbocycles. The molecule has 2 aromatic rings. The van der Waals surface area contributed by atoms with E-state index in [9.17, 15) is 8.42 Å². The summed E-state index contributed by atoms with van der Waals surface area (Å²) in [7, 11) is -3.23. The van der Waals surface area contributed by atoms with Gasteiger partial charge in [-0.15, -0.1) is 0 Å². The number of sulfone groups is 1. The Kier molecular flexibility index (Phi) is 4.00. The quantitative estimate of drug-likeness (QED) is 0.627. The predicted octanol–water partition coefficient (Wildman–Crippen LogP) is 3.02. The second kappa shape index (κ2) is 5.38. The number of nitrogen functional groups attached to an aromatic ring is 1. The van der Waals surface area contributed by atoms with Crippen molar-refractivity contribution in [3.63, 3.8) is 0 Å². The van der Waals surface area contributed by atoms with Crippen molar-refractivity contribution in [2.75, 3.05) is 17.3 Å². The molecule has 2 rings (SSSR count). The fourth-order valence-electron chi connectivity index (χ4n) is 1.59. The zero-order valence-corrected chi connectivity index (χ0v) is 13.2. The Morgan fingerprint density at radius 1 is 1.11 bits per heavy atom. The summed E-state index contributed by atoms with van der Waals surface area (Å²) in [6, 6.07) is 12.5. The number of benzene rings is 2. The molecule has 0 atom stereocenters. The van der Waals surface area contributed by atoms with E-state index in [2.05, 4.69) is 27.9 Å². The van der Waals surface area contributed by atoms with Gasteiger partial charge in [0.1, 0.15) is 0 Å². The van der Waals surface area contributed by atoms with Gasteiger partial charge < -0.3 is 11.1 Å². The van der Waals surface area contributed by atoms with Crippen molar-refractivity contribution >= 4 is 49.5 Å². The first-order valence-electron chi connectivity index (χ1n) is 5.49. The van der Waals surface area contributed by atoms with Crippen LogP contribution in [-0.2, 0) is 9.84 Å². The maximum absolute atomic E-state index is 11.4. The zero-order chi connectivity index (χ0) is 14.0. The molecule has 0 radical (unpaired) electrons. The van der Waals surface area contributed by atoms with Crippen molar-refractivity contribution in [3.05, 3.63) is 46.0 Å². The standard InChI is InChI=1S/C13H13IN2O2S/c1-19(17,18)9-6-7-13(11(15)8-9)16-12-5-3-2-4-10(12)14/h2-8,16H,15H2,1H3. The van der Waals surface area contributed by atoms with E-state index in [1.54, 1.807) is 12.1 Å². The summed E-state index contributed by atoms with van der Waals surface area (Å²) < 4.78 is 23.9. The SMILES string of the molecule is CS(=O)(=O)c1ccc(Nc2ccccc2I)c(N)c1. The van der Waals surface area contributed by atoms with Crippen LogP contribution in [0.15, 0.2) is 47.4 Å². The summed E-state index contributed by atoms with van der Waals surface area (Å²) in [5.41, 5.74) is 7.92. The molecule has 0 aromatic heterocycles. The van der Waals surface area contributed by atoms with Gasteiger partial charge in [0.15, 0.2) is 9.84 Å². The third-order valence-electron chi connectivity index (χ3n) is 2.59. The Balaban J connectivity index is 2.36. The Morgan fingerprint density at radius 3 is 2.37 bits per heavy atom. The van der Waals surface area contributed by atoms with Crippen molar-refractivity contribution in [2.45, 2.75) is 4.90 Å². The molecule has 0 aliphatic rings. The Morgan fingerprint density at radius 2 is 1.79 bits per heavy atom. The van der Waals surface area contributed by atoms with Crippen LogP contribution in [0, 0.1) is 3.57 Å². The molecule has 0 heterocycles. The van der Waals surface area contributed by atoms with Crippen LogP contribution in [0.25, 0.3) is 0 Å². The van der Waals surface area contributed by atoms with Crippen LogP contribution in [-0.4, -0.2) is 14.7 Å². The van der Waals surface area contributed by atoms with Crippen LogP contribution >= 0.6 is 22.6 Å².